The molecule has 1 aromatic carbocycles. The number of hydrogen-bond acceptors (Lipinski definition) is 4. The maximum absolute atomic E-state index is 12.6. The molecule has 26 heavy (non-hydrogen) atoms. The zero-order valence-corrected chi connectivity index (χ0v) is 15.4. The highest BCUT2D eigenvalue weighted by molar-refractivity contribution is 6.33. The molecule has 1 N–H and O–H groups in total. The van der Waals surface area contributed by atoms with Crippen LogP contribution in [0.15, 0.2) is 43.0 Å². The van der Waals surface area contributed by atoms with Crippen molar-refractivity contribution in [3.8, 4) is 0 Å². The second-order valence-corrected chi connectivity index (χ2v) is 6.72. The predicted octanol–water partition coefficient (Wildman–Crippen LogP) is 1.88. The molecule has 2 aromatic rings. The first-order chi connectivity index (χ1) is 12.5. The van der Waals surface area contributed by atoms with E-state index in [4.69, 9.17) is 11.6 Å². The monoisotopic (exact) mass is 375 g/mol. The van der Waals surface area contributed by atoms with E-state index in [0.717, 1.165) is 0 Å². The minimum Gasteiger partial charge on any atom is -0.338 e. The molecular formula is C18H22ClN5O2. The summed E-state index contributed by atoms with van der Waals surface area (Å²) in [4.78, 5) is 32.6. The van der Waals surface area contributed by atoms with E-state index in [9.17, 15) is 9.59 Å². The van der Waals surface area contributed by atoms with Gasteiger partial charge >= 0.3 is 0 Å². The highest BCUT2D eigenvalue weighted by atomic mass is 35.5. The Morgan fingerprint density at radius 3 is 2.62 bits per heavy atom. The van der Waals surface area contributed by atoms with Crippen molar-refractivity contribution < 1.29 is 9.59 Å². The Bertz CT molecular complexity index is 757. The average Bonchev–Trinajstić information content (AvgIpc) is 3.18. The van der Waals surface area contributed by atoms with Crippen molar-refractivity contribution in [2.75, 3.05) is 38.0 Å². The number of para-hydroxylation sites is 1. The smallest absolute Gasteiger partial charge is 0.245 e. The fraction of sp³-hybridized carbons (Fsp3) is 0.389. The number of aromatic nitrogens is 2. The van der Waals surface area contributed by atoms with Gasteiger partial charge in [0, 0.05) is 38.6 Å². The maximum Gasteiger partial charge on any atom is 0.245 e. The molecule has 138 valence electrons. The highest BCUT2D eigenvalue weighted by Gasteiger charge is 2.26. The third kappa shape index (κ3) is 4.42. The normalized spacial score (nSPS) is 16.3. The number of carbonyl (C=O) groups is 2. The van der Waals surface area contributed by atoms with Crippen LogP contribution in [0.4, 0.5) is 5.69 Å². The number of nitrogens with one attached hydrogen (secondary N) is 1. The van der Waals surface area contributed by atoms with Gasteiger partial charge in [-0.3, -0.25) is 14.5 Å². The number of benzene rings is 1. The Kier molecular flexibility index (Phi) is 5.90. The average molecular weight is 376 g/mol. The number of piperazine rings is 1. The van der Waals surface area contributed by atoms with Crippen LogP contribution in [0.2, 0.25) is 5.02 Å². The summed E-state index contributed by atoms with van der Waals surface area (Å²) >= 11 is 6.06. The van der Waals surface area contributed by atoms with E-state index in [2.05, 4.69) is 10.3 Å². The van der Waals surface area contributed by atoms with Crippen molar-refractivity contribution >= 4 is 29.1 Å². The van der Waals surface area contributed by atoms with E-state index in [-0.39, 0.29) is 24.4 Å². The van der Waals surface area contributed by atoms with Gasteiger partial charge in [-0.05, 0) is 19.1 Å². The van der Waals surface area contributed by atoms with Crippen LogP contribution in [-0.4, -0.2) is 63.9 Å². The Labute approximate surface area is 157 Å². The van der Waals surface area contributed by atoms with Crippen LogP contribution in [0.3, 0.4) is 0 Å². The van der Waals surface area contributed by atoms with Crippen LogP contribution in [-0.2, 0) is 9.59 Å². The van der Waals surface area contributed by atoms with Crippen LogP contribution in [0, 0.1) is 0 Å². The molecule has 0 aliphatic carbocycles. The lowest BCUT2D eigenvalue weighted by Gasteiger charge is -2.35. The number of anilines is 1. The minimum absolute atomic E-state index is 0.0724. The Morgan fingerprint density at radius 2 is 1.96 bits per heavy atom. The van der Waals surface area contributed by atoms with E-state index in [1.54, 1.807) is 35.4 Å². The maximum atomic E-state index is 12.6. The summed E-state index contributed by atoms with van der Waals surface area (Å²) in [5.74, 6) is -0.0344. The summed E-state index contributed by atoms with van der Waals surface area (Å²) in [7, 11) is 0. The van der Waals surface area contributed by atoms with Crippen LogP contribution >= 0.6 is 11.6 Å². The van der Waals surface area contributed by atoms with Gasteiger partial charge < -0.3 is 14.8 Å². The first-order valence-corrected chi connectivity index (χ1v) is 8.95. The molecule has 1 fully saturated rings. The minimum atomic E-state index is -0.271. The Hall–Kier alpha value is -2.38. The standard InChI is InChI=1S/C18H22ClN5O2/c1-14(24-7-6-20-13-24)18(26)23-10-8-22(9-11-23)12-17(25)21-16-5-3-2-4-15(16)19/h2-7,13-14H,8-12H2,1H3,(H,21,25)/t14-/m1/s1. The summed E-state index contributed by atoms with van der Waals surface area (Å²) in [6.45, 7) is 4.70. The number of amides is 2. The van der Waals surface area contributed by atoms with Crippen LogP contribution in [0.25, 0.3) is 0 Å². The fourth-order valence-electron chi connectivity index (χ4n) is 2.97. The first kappa shape index (κ1) is 18.4. The quantitative estimate of drug-likeness (QED) is 0.866. The molecule has 1 saturated heterocycles. The second-order valence-electron chi connectivity index (χ2n) is 6.32. The van der Waals surface area contributed by atoms with Crippen LogP contribution in [0.5, 0.6) is 0 Å². The molecule has 8 heteroatoms. The van der Waals surface area contributed by atoms with E-state index >= 15 is 0 Å². The molecule has 3 rings (SSSR count). The van der Waals surface area contributed by atoms with E-state index < -0.39 is 0 Å². The zero-order valence-electron chi connectivity index (χ0n) is 14.6. The van der Waals surface area contributed by atoms with Crippen molar-refractivity contribution in [2.24, 2.45) is 0 Å². The highest BCUT2D eigenvalue weighted by Crippen LogP contribution is 2.20. The molecule has 0 bridgehead atoms. The molecule has 1 aromatic heterocycles. The molecule has 0 radical (unpaired) electrons. The number of imidazole rings is 1. The molecular weight excluding hydrogens is 354 g/mol. The molecule has 1 atom stereocenters. The van der Waals surface area contributed by atoms with E-state index in [0.29, 0.717) is 36.9 Å². The van der Waals surface area contributed by atoms with Crippen molar-refractivity contribution in [1.29, 1.82) is 0 Å². The number of rotatable bonds is 5. The van der Waals surface area contributed by atoms with Gasteiger partial charge in [-0.1, -0.05) is 23.7 Å². The molecule has 1 aliphatic rings. The van der Waals surface area contributed by atoms with Crippen LogP contribution < -0.4 is 5.32 Å². The van der Waals surface area contributed by atoms with Gasteiger partial charge in [0.15, 0.2) is 0 Å². The molecule has 0 unspecified atom stereocenters. The number of carbonyl (C=O) groups excluding carboxylic acids is 2. The molecule has 2 amide bonds. The zero-order chi connectivity index (χ0) is 18.5. The summed E-state index contributed by atoms with van der Waals surface area (Å²) in [5, 5.41) is 3.34. The third-order valence-electron chi connectivity index (χ3n) is 4.53. The lowest BCUT2D eigenvalue weighted by molar-refractivity contribution is -0.136. The topological polar surface area (TPSA) is 70.5 Å². The van der Waals surface area contributed by atoms with Gasteiger partial charge in [0.05, 0.1) is 23.6 Å². The number of halogens is 1. The van der Waals surface area contributed by atoms with Crippen molar-refractivity contribution in [3.05, 3.63) is 48.0 Å². The van der Waals surface area contributed by atoms with Gasteiger partial charge in [0.25, 0.3) is 0 Å². The summed E-state index contributed by atoms with van der Waals surface area (Å²) in [6.07, 6.45) is 5.11. The van der Waals surface area contributed by atoms with Crippen molar-refractivity contribution in [1.82, 2.24) is 19.4 Å². The fourth-order valence-corrected chi connectivity index (χ4v) is 3.16. The molecule has 2 heterocycles. The molecule has 7 nitrogen and oxygen atoms in total. The van der Waals surface area contributed by atoms with E-state index in [1.165, 1.54) is 0 Å². The Morgan fingerprint density at radius 1 is 1.23 bits per heavy atom. The summed E-state index contributed by atoms with van der Waals surface area (Å²) < 4.78 is 1.80. The van der Waals surface area contributed by atoms with Gasteiger partial charge in [-0.2, -0.15) is 0 Å². The van der Waals surface area contributed by atoms with Gasteiger partial charge in [0.1, 0.15) is 6.04 Å². The van der Waals surface area contributed by atoms with Crippen molar-refractivity contribution in [3.63, 3.8) is 0 Å². The SMILES string of the molecule is C[C@H](C(=O)N1CCN(CC(=O)Nc2ccccc2Cl)CC1)n1ccnc1. The molecule has 0 saturated carbocycles. The summed E-state index contributed by atoms with van der Waals surface area (Å²) in [6, 6.07) is 6.89. The molecule has 1 aliphatic heterocycles. The predicted molar refractivity (Wildman–Crippen MR) is 100 cm³/mol. The first-order valence-electron chi connectivity index (χ1n) is 8.57. The third-order valence-corrected chi connectivity index (χ3v) is 4.86. The van der Waals surface area contributed by atoms with E-state index in [1.807, 2.05) is 28.9 Å². The largest absolute Gasteiger partial charge is 0.338 e. The van der Waals surface area contributed by atoms with Gasteiger partial charge in [-0.25, -0.2) is 4.98 Å². The molecule has 0 spiro atoms. The van der Waals surface area contributed by atoms with Crippen molar-refractivity contribution in [2.45, 2.75) is 13.0 Å². The Balaban J connectivity index is 1.47. The lowest BCUT2D eigenvalue weighted by atomic mass is 10.2. The second kappa shape index (κ2) is 8.33. The van der Waals surface area contributed by atoms with Gasteiger partial charge in [0.2, 0.25) is 11.8 Å². The number of hydrogen-bond donors (Lipinski definition) is 1. The lowest BCUT2D eigenvalue weighted by Crippen LogP contribution is -2.51. The van der Waals surface area contributed by atoms with Crippen LogP contribution in [0.1, 0.15) is 13.0 Å². The van der Waals surface area contributed by atoms with Gasteiger partial charge in [-0.15, -0.1) is 0 Å². The summed E-state index contributed by atoms with van der Waals surface area (Å²) in [5.41, 5.74) is 0.613. The number of nitrogens with zero attached hydrogens (tertiary/aromatic N) is 4.